The number of ether oxygens (including phenoxy) is 6. The van der Waals surface area contributed by atoms with Crippen molar-refractivity contribution in [3.8, 4) is 0 Å². The summed E-state index contributed by atoms with van der Waals surface area (Å²) < 4.78 is 31.6. The first kappa shape index (κ1) is 21.9. The molecule has 0 aliphatic heterocycles. The summed E-state index contributed by atoms with van der Waals surface area (Å²) in [5, 5.41) is 0. The third-order valence-corrected chi connectivity index (χ3v) is 2.84. The van der Waals surface area contributed by atoms with E-state index in [0.717, 1.165) is 0 Å². The molecular formula is C16H30O7. The number of hydrogen-bond donors (Lipinski definition) is 0. The van der Waals surface area contributed by atoms with Crippen LogP contribution in [-0.2, 0) is 33.2 Å². The van der Waals surface area contributed by atoms with E-state index in [9.17, 15) is 4.79 Å². The molecule has 23 heavy (non-hydrogen) atoms. The Labute approximate surface area is 138 Å². The second-order valence-electron chi connectivity index (χ2n) is 4.74. The summed E-state index contributed by atoms with van der Waals surface area (Å²) in [6.07, 6.45) is -0.869. The van der Waals surface area contributed by atoms with Gasteiger partial charge in [-0.25, -0.2) is 4.79 Å². The van der Waals surface area contributed by atoms with Crippen molar-refractivity contribution < 1.29 is 33.2 Å². The van der Waals surface area contributed by atoms with E-state index in [0.29, 0.717) is 18.8 Å². The lowest BCUT2D eigenvalue weighted by Gasteiger charge is -2.23. The molecule has 0 bridgehead atoms. The van der Waals surface area contributed by atoms with Crippen molar-refractivity contribution in [2.75, 3.05) is 20.3 Å². The lowest BCUT2D eigenvalue weighted by Crippen LogP contribution is -2.30. The first-order chi connectivity index (χ1) is 10.8. The Morgan fingerprint density at radius 3 is 2.09 bits per heavy atom. The van der Waals surface area contributed by atoms with E-state index in [-0.39, 0.29) is 0 Å². The average Bonchev–Trinajstić information content (AvgIpc) is 2.47. The summed E-state index contributed by atoms with van der Waals surface area (Å²) in [7, 11) is 1.53. The van der Waals surface area contributed by atoms with Crippen LogP contribution in [0.1, 0.15) is 41.5 Å². The van der Waals surface area contributed by atoms with Crippen molar-refractivity contribution in [2.45, 2.75) is 66.5 Å². The van der Waals surface area contributed by atoms with Gasteiger partial charge < -0.3 is 28.4 Å². The molecule has 0 aromatic carbocycles. The van der Waals surface area contributed by atoms with Gasteiger partial charge in [0, 0.05) is 13.7 Å². The molecule has 0 rings (SSSR count). The quantitative estimate of drug-likeness (QED) is 0.235. The highest BCUT2D eigenvalue weighted by molar-refractivity contribution is 5.89. The van der Waals surface area contributed by atoms with Gasteiger partial charge in [0.05, 0.1) is 24.5 Å². The highest BCUT2D eigenvalue weighted by Crippen LogP contribution is 2.13. The van der Waals surface area contributed by atoms with E-state index in [1.807, 2.05) is 13.8 Å². The SMILES string of the molecule is CCOC=C(C(=O)OC(C)OC(C)OC(C)OC)C(C)OCC. The molecule has 4 unspecified atom stereocenters. The van der Waals surface area contributed by atoms with E-state index in [4.69, 9.17) is 28.4 Å². The zero-order valence-electron chi connectivity index (χ0n) is 15.2. The molecule has 0 amide bonds. The highest BCUT2D eigenvalue weighted by Gasteiger charge is 2.23. The zero-order chi connectivity index (χ0) is 17.8. The lowest BCUT2D eigenvalue weighted by molar-refractivity contribution is -0.269. The van der Waals surface area contributed by atoms with Gasteiger partial charge in [-0.1, -0.05) is 0 Å². The number of carbonyl (C=O) groups excluding carboxylic acids is 1. The van der Waals surface area contributed by atoms with Crippen LogP contribution in [0.2, 0.25) is 0 Å². The monoisotopic (exact) mass is 334 g/mol. The number of esters is 1. The summed E-state index contributed by atoms with van der Waals surface area (Å²) in [4.78, 5) is 12.2. The van der Waals surface area contributed by atoms with E-state index >= 15 is 0 Å². The van der Waals surface area contributed by atoms with Gasteiger partial charge in [-0.15, -0.1) is 0 Å². The maximum Gasteiger partial charge on any atom is 0.342 e. The molecule has 0 aliphatic rings. The molecule has 0 aliphatic carbocycles. The second kappa shape index (κ2) is 12.3. The van der Waals surface area contributed by atoms with Crippen molar-refractivity contribution in [3.05, 3.63) is 11.8 Å². The van der Waals surface area contributed by atoms with Crippen LogP contribution < -0.4 is 0 Å². The Kier molecular flexibility index (Phi) is 11.7. The molecule has 0 N–H and O–H groups in total. The minimum Gasteiger partial charge on any atom is -0.501 e. The second-order valence-corrected chi connectivity index (χ2v) is 4.74. The van der Waals surface area contributed by atoms with Gasteiger partial charge >= 0.3 is 5.97 Å². The van der Waals surface area contributed by atoms with Crippen LogP contribution in [0.5, 0.6) is 0 Å². The van der Waals surface area contributed by atoms with Crippen molar-refractivity contribution >= 4 is 5.97 Å². The Balaban J connectivity index is 4.59. The number of hydrogen-bond acceptors (Lipinski definition) is 7. The van der Waals surface area contributed by atoms with Crippen molar-refractivity contribution in [1.82, 2.24) is 0 Å². The van der Waals surface area contributed by atoms with Gasteiger partial charge in [-0.3, -0.25) is 0 Å². The van der Waals surface area contributed by atoms with E-state index in [2.05, 4.69) is 0 Å². The Morgan fingerprint density at radius 2 is 1.57 bits per heavy atom. The third kappa shape index (κ3) is 9.55. The Hall–Kier alpha value is -1.15. The maximum atomic E-state index is 12.2. The largest absolute Gasteiger partial charge is 0.501 e. The van der Waals surface area contributed by atoms with Crippen molar-refractivity contribution in [2.24, 2.45) is 0 Å². The molecule has 136 valence electrons. The summed E-state index contributed by atoms with van der Waals surface area (Å²) >= 11 is 0. The molecule has 7 nitrogen and oxygen atoms in total. The summed E-state index contributed by atoms with van der Waals surface area (Å²) in [6, 6.07) is 0. The summed E-state index contributed by atoms with van der Waals surface area (Å²) in [5.74, 6) is -0.557. The van der Waals surface area contributed by atoms with Crippen LogP contribution in [0.15, 0.2) is 11.8 Å². The number of methoxy groups -OCH3 is 1. The lowest BCUT2D eigenvalue weighted by atomic mass is 10.2. The molecule has 0 aromatic heterocycles. The first-order valence-electron chi connectivity index (χ1n) is 7.83. The molecule has 0 spiro atoms. The maximum absolute atomic E-state index is 12.2. The van der Waals surface area contributed by atoms with Gasteiger partial charge in [0.1, 0.15) is 0 Å². The van der Waals surface area contributed by atoms with Crippen LogP contribution in [0.25, 0.3) is 0 Å². The summed E-state index contributed by atoms with van der Waals surface area (Å²) in [5.41, 5.74) is 0.294. The highest BCUT2D eigenvalue weighted by atomic mass is 16.8. The van der Waals surface area contributed by atoms with E-state index in [1.54, 1.807) is 27.7 Å². The molecule has 0 saturated heterocycles. The third-order valence-electron chi connectivity index (χ3n) is 2.84. The smallest absolute Gasteiger partial charge is 0.342 e. The van der Waals surface area contributed by atoms with Crippen LogP contribution in [0.3, 0.4) is 0 Å². The van der Waals surface area contributed by atoms with Crippen LogP contribution in [0, 0.1) is 0 Å². The van der Waals surface area contributed by atoms with E-state index < -0.39 is 30.9 Å². The predicted octanol–water partition coefficient (Wildman–Crippen LogP) is 2.59. The standard InChI is InChI=1S/C16H30O7/c1-8-19-10-15(11(3)20-9-2)16(17)23-14(6)22-13(5)21-12(4)18-7/h10-14H,8-9H2,1-7H3. The minimum atomic E-state index is -0.791. The molecule has 4 atom stereocenters. The Morgan fingerprint density at radius 1 is 0.957 bits per heavy atom. The molecule has 0 saturated carbocycles. The fourth-order valence-corrected chi connectivity index (χ4v) is 1.70. The first-order valence-corrected chi connectivity index (χ1v) is 7.83. The van der Waals surface area contributed by atoms with Gasteiger partial charge in [-0.05, 0) is 41.5 Å². The zero-order valence-corrected chi connectivity index (χ0v) is 15.2. The van der Waals surface area contributed by atoms with Gasteiger partial charge in [0.15, 0.2) is 12.6 Å². The van der Waals surface area contributed by atoms with Crippen LogP contribution >= 0.6 is 0 Å². The average molecular weight is 334 g/mol. The predicted molar refractivity (Wildman–Crippen MR) is 84.5 cm³/mol. The molecule has 0 aromatic rings. The molecule has 0 radical (unpaired) electrons. The van der Waals surface area contributed by atoms with Crippen molar-refractivity contribution in [3.63, 3.8) is 0 Å². The molecule has 7 heteroatoms. The molecule has 0 heterocycles. The van der Waals surface area contributed by atoms with Gasteiger partial charge in [-0.2, -0.15) is 0 Å². The summed E-state index contributed by atoms with van der Waals surface area (Å²) in [6.45, 7) is 11.4. The minimum absolute atomic E-state index is 0.294. The number of carbonyl (C=O) groups is 1. The molecular weight excluding hydrogens is 304 g/mol. The normalized spacial score (nSPS) is 17.3. The van der Waals surface area contributed by atoms with Gasteiger partial charge in [0.2, 0.25) is 6.29 Å². The topological polar surface area (TPSA) is 72.5 Å². The number of rotatable bonds is 12. The van der Waals surface area contributed by atoms with Gasteiger partial charge in [0.25, 0.3) is 0 Å². The Bertz CT molecular complexity index is 356. The van der Waals surface area contributed by atoms with E-state index in [1.165, 1.54) is 13.4 Å². The fraction of sp³-hybridized carbons (Fsp3) is 0.812. The fourth-order valence-electron chi connectivity index (χ4n) is 1.70. The van der Waals surface area contributed by atoms with Crippen LogP contribution in [0.4, 0.5) is 0 Å². The van der Waals surface area contributed by atoms with Crippen molar-refractivity contribution in [1.29, 1.82) is 0 Å². The molecule has 0 fully saturated rings. The van der Waals surface area contributed by atoms with Crippen LogP contribution in [-0.4, -0.2) is 51.3 Å².